The van der Waals surface area contributed by atoms with Gasteiger partial charge in [-0.2, -0.15) is 0 Å². The predicted octanol–water partition coefficient (Wildman–Crippen LogP) is 9.24. The van der Waals surface area contributed by atoms with Crippen LogP contribution in [0.5, 0.6) is 11.5 Å². The topological polar surface area (TPSA) is 83.2 Å². The third-order valence-electron chi connectivity index (χ3n) is 8.78. The lowest BCUT2D eigenvalue weighted by molar-refractivity contribution is 0.462. The monoisotopic (exact) mass is 647 g/mol. The molecule has 2 N–H and O–H groups in total. The molecule has 238 valence electrons. The summed E-state index contributed by atoms with van der Waals surface area (Å²) in [7, 11) is -2.65. The number of ether oxygens (including phenoxy) is 1. The molecule has 1 fully saturated rings. The van der Waals surface area contributed by atoms with Gasteiger partial charge in [-0.05, 0) is 49.2 Å². The van der Waals surface area contributed by atoms with Gasteiger partial charge in [-0.15, -0.1) is 0 Å². The van der Waals surface area contributed by atoms with Crippen LogP contribution in [0.25, 0.3) is 0 Å². The first kappa shape index (κ1) is 31.3. The molecule has 7 rings (SSSR count). The van der Waals surface area contributed by atoms with E-state index >= 15 is 0 Å². The van der Waals surface area contributed by atoms with E-state index in [2.05, 4.69) is 78.1 Å². The fraction of sp³-hybridized carbons (Fsp3) is 0.146. The summed E-state index contributed by atoms with van der Waals surface area (Å²) in [6.45, 7) is 0. The lowest BCUT2D eigenvalue weighted by Crippen LogP contribution is -2.26. The van der Waals surface area contributed by atoms with Gasteiger partial charge in [0.2, 0.25) is 0 Å². The Hall–Kier alpha value is -5.32. The molecule has 1 aliphatic carbocycles. The molecule has 1 aliphatic rings. The maximum atomic E-state index is 9.67. The standard InChI is InChI=1S/C41H38N5OP/c42-39(31-26-28-34(29-27-31)47-33-18-8-2-9-19-33)38-40(45-32-16-6-1-7-17-32)43-30-44-41(38)46-48(35-20-10-3-11-21-35,36-22-12-4-13-23-36)37-24-14-5-15-25-37/h2-5,8-15,18-30,32,42H,1,6-7,16-17H2,(H,43,44,45). The van der Waals surface area contributed by atoms with Gasteiger partial charge in [0.25, 0.3) is 0 Å². The Morgan fingerprint density at radius 3 is 1.67 bits per heavy atom. The highest BCUT2D eigenvalue weighted by atomic mass is 31.2. The Balaban J connectivity index is 1.42. The van der Waals surface area contributed by atoms with Gasteiger partial charge < -0.3 is 10.1 Å². The molecule has 0 aliphatic heterocycles. The first-order valence-corrected chi connectivity index (χ1v) is 18.3. The molecule has 0 bridgehead atoms. The summed E-state index contributed by atoms with van der Waals surface area (Å²) < 4.78 is 11.8. The lowest BCUT2D eigenvalue weighted by atomic mass is 9.95. The molecule has 7 heteroatoms. The highest BCUT2D eigenvalue weighted by Crippen LogP contribution is 2.50. The number of anilines is 1. The fourth-order valence-corrected chi connectivity index (χ4v) is 9.87. The van der Waals surface area contributed by atoms with Gasteiger partial charge in [0.15, 0.2) is 5.82 Å². The van der Waals surface area contributed by atoms with Crippen molar-refractivity contribution >= 4 is 40.3 Å². The molecule has 6 nitrogen and oxygen atoms in total. The molecule has 1 heterocycles. The van der Waals surface area contributed by atoms with Crippen LogP contribution in [-0.4, -0.2) is 21.7 Å². The zero-order valence-electron chi connectivity index (χ0n) is 26.7. The molecular formula is C41H38N5OP. The maximum Gasteiger partial charge on any atom is 0.166 e. The molecule has 48 heavy (non-hydrogen) atoms. The highest BCUT2D eigenvalue weighted by molar-refractivity contribution is 7.87. The molecule has 1 aromatic heterocycles. The largest absolute Gasteiger partial charge is 0.457 e. The molecule has 0 atom stereocenters. The maximum absolute atomic E-state index is 9.67. The van der Waals surface area contributed by atoms with Crippen LogP contribution in [0.3, 0.4) is 0 Å². The summed E-state index contributed by atoms with van der Waals surface area (Å²) in [4.78, 5) is 9.62. The average Bonchev–Trinajstić information content (AvgIpc) is 3.16. The van der Waals surface area contributed by atoms with Gasteiger partial charge in [0, 0.05) is 27.5 Å². The Bertz CT molecular complexity index is 1910. The Morgan fingerprint density at radius 1 is 0.625 bits per heavy atom. The van der Waals surface area contributed by atoms with Crippen LogP contribution in [0, 0.1) is 5.41 Å². The number of nitrogens with one attached hydrogen (secondary N) is 2. The van der Waals surface area contributed by atoms with Crippen molar-refractivity contribution in [2.75, 3.05) is 5.32 Å². The number of nitrogens with zero attached hydrogens (tertiary/aromatic N) is 3. The highest BCUT2D eigenvalue weighted by Gasteiger charge is 2.30. The van der Waals surface area contributed by atoms with E-state index < -0.39 is 7.05 Å². The van der Waals surface area contributed by atoms with Crippen LogP contribution in [0.15, 0.2) is 157 Å². The van der Waals surface area contributed by atoms with Crippen LogP contribution in [-0.2, 0) is 0 Å². The molecule has 0 radical (unpaired) electrons. The third-order valence-corrected chi connectivity index (χ3v) is 12.4. The molecular weight excluding hydrogens is 609 g/mol. The van der Waals surface area contributed by atoms with Crippen LogP contribution in [0.1, 0.15) is 43.2 Å². The Labute approximate surface area is 282 Å². The predicted molar refractivity (Wildman–Crippen MR) is 199 cm³/mol. The Morgan fingerprint density at radius 2 is 1.12 bits per heavy atom. The zero-order chi connectivity index (χ0) is 32.6. The number of hydrogen-bond acceptors (Lipinski definition) is 6. The van der Waals surface area contributed by atoms with E-state index in [0.29, 0.717) is 28.7 Å². The molecule has 0 spiro atoms. The molecule has 1 saturated carbocycles. The van der Waals surface area contributed by atoms with Gasteiger partial charge in [0.05, 0.1) is 18.3 Å². The van der Waals surface area contributed by atoms with Crippen molar-refractivity contribution in [2.45, 2.75) is 38.1 Å². The number of benzene rings is 5. The third kappa shape index (κ3) is 6.71. The second-order valence-electron chi connectivity index (χ2n) is 12.0. The van der Waals surface area contributed by atoms with E-state index in [4.69, 9.17) is 19.4 Å². The van der Waals surface area contributed by atoms with E-state index in [9.17, 15) is 5.41 Å². The van der Waals surface area contributed by atoms with E-state index in [0.717, 1.165) is 40.1 Å². The normalized spacial score (nSPS) is 13.4. The van der Waals surface area contributed by atoms with Crippen molar-refractivity contribution in [3.8, 4) is 11.5 Å². The van der Waals surface area contributed by atoms with Crippen molar-refractivity contribution < 1.29 is 4.74 Å². The fourth-order valence-electron chi connectivity index (χ4n) is 6.38. The minimum atomic E-state index is -2.65. The smallest absolute Gasteiger partial charge is 0.166 e. The van der Waals surface area contributed by atoms with E-state index in [1.54, 1.807) is 6.33 Å². The summed E-state index contributed by atoms with van der Waals surface area (Å²) in [5.41, 5.74) is 1.65. The van der Waals surface area contributed by atoms with Crippen LogP contribution < -0.4 is 26.0 Å². The summed E-state index contributed by atoms with van der Waals surface area (Å²) in [5, 5.41) is 16.7. The second-order valence-corrected chi connectivity index (χ2v) is 15.0. The minimum absolute atomic E-state index is 0.284. The van der Waals surface area contributed by atoms with Crippen molar-refractivity contribution in [3.05, 3.63) is 163 Å². The zero-order valence-corrected chi connectivity index (χ0v) is 27.6. The molecule has 0 unspecified atom stereocenters. The molecule has 6 aromatic rings. The first-order valence-electron chi connectivity index (χ1n) is 16.5. The Kier molecular flexibility index (Phi) is 9.53. The summed E-state index contributed by atoms with van der Waals surface area (Å²) >= 11 is 0. The van der Waals surface area contributed by atoms with Gasteiger partial charge in [-0.1, -0.05) is 128 Å². The van der Waals surface area contributed by atoms with Crippen molar-refractivity contribution in [1.29, 1.82) is 5.41 Å². The molecule has 5 aromatic carbocycles. The lowest BCUT2D eigenvalue weighted by Gasteiger charge is -2.28. The van der Waals surface area contributed by atoms with Gasteiger partial charge in [-0.25, -0.2) is 14.7 Å². The van der Waals surface area contributed by atoms with Gasteiger partial charge >= 0.3 is 0 Å². The average molecular weight is 648 g/mol. The summed E-state index contributed by atoms with van der Waals surface area (Å²) in [6.07, 6.45) is 7.35. The van der Waals surface area contributed by atoms with Crippen LogP contribution in [0.2, 0.25) is 0 Å². The quantitative estimate of drug-likeness (QED) is 0.115. The summed E-state index contributed by atoms with van der Waals surface area (Å²) in [6, 6.07) is 49.2. The van der Waals surface area contributed by atoms with Crippen molar-refractivity contribution in [3.63, 3.8) is 0 Å². The number of para-hydroxylation sites is 1. The van der Waals surface area contributed by atoms with Gasteiger partial charge in [0.1, 0.15) is 23.6 Å². The number of rotatable bonds is 10. The van der Waals surface area contributed by atoms with Crippen LogP contribution in [0.4, 0.5) is 11.6 Å². The van der Waals surface area contributed by atoms with E-state index in [1.165, 1.54) is 19.3 Å². The number of hydrogen-bond donors (Lipinski definition) is 2. The SMILES string of the molecule is N=C(c1ccc(Oc2ccccc2)cc1)c1c(N=P(c2ccccc2)(c2ccccc2)c2ccccc2)ncnc1NC1CCCCC1. The molecule has 0 saturated heterocycles. The van der Waals surface area contributed by atoms with E-state index in [1.807, 2.05) is 72.8 Å². The van der Waals surface area contributed by atoms with E-state index in [-0.39, 0.29) is 6.04 Å². The molecule has 0 amide bonds. The summed E-state index contributed by atoms with van der Waals surface area (Å²) in [5.74, 6) is 2.62. The van der Waals surface area contributed by atoms with Gasteiger partial charge in [-0.3, -0.25) is 5.41 Å². The van der Waals surface area contributed by atoms with Crippen LogP contribution >= 0.6 is 7.05 Å². The first-order chi connectivity index (χ1) is 23.7. The second kappa shape index (κ2) is 14.6. The van der Waals surface area contributed by atoms with Crippen molar-refractivity contribution in [1.82, 2.24) is 9.97 Å². The van der Waals surface area contributed by atoms with Crippen molar-refractivity contribution in [2.24, 2.45) is 4.74 Å². The minimum Gasteiger partial charge on any atom is -0.457 e. The number of aromatic nitrogens is 2.